The quantitative estimate of drug-likeness (QED) is 0.378. The Labute approximate surface area is 166 Å². The van der Waals surface area contributed by atoms with Crippen LogP contribution in [0.5, 0.6) is 0 Å². The van der Waals surface area contributed by atoms with E-state index in [9.17, 15) is 5.11 Å². The zero-order valence-corrected chi connectivity index (χ0v) is 17.8. The second kappa shape index (κ2) is 12.6. The number of guanidine groups is 1. The first kappa shape index (κ1) is 22.4. The molecule has 0 aromatic heterocycles. The van der Waals surface area contributed by atoms with E-state index in [-0.39, 0.29) is 0 Å². The molecule has 2 aliphatic rings. The van der Waals surface area contributed by atoms with Crippen LogP contribution in [-0.4, -0.2) is 74.0 Å². The van der Waals surface area contributed by atoms with Crippen molar-refractivity contribution in [2.24, 2.45) is 16.8 Å². The third-order valence-electron chi connectivity index (χ3n) is 5.53. The van der Waals surface area contributed by atoms with Crippen molar-refractivity contribution < 1.29 is 9.84 Å². The number of rotatable bonds is 11. The number of hydrogen-bond donors (Lipinski definition) is 3. The Morgan fingerprint density at radius 1 is 1.15 bits per heavy atom. The zero-order valence-electron chi connectivity index (χ0n) is 17.8. The third kappa shape index (κ3) is 9.26. The van der Waals surface area contributed by atoms with E-state index in [2.05, 4.69) is 36.3 Å². The molecule has 2 unspecified atom stereocenters. The van der Waals surface area contributed by atoms with Crippen molar-refractivity contribution in [3.05, 3.63) is 0 Å². The van der Waals surface area contributed by atoms with Gasteiger partial charge in [-0.1, -0.05) is 26.7 Å². The van der Waals surface area contributed by atoms with Crippen molar-refractivity contribution in [1.29, 1.82) is 0 Å². The van der Waals surface area contributed by atoms with Crippen LogP contribution in [-0.2, 0) is 4.74 Å². The first-order chi connectivity index (χ1) is 13.1. The van der Waals surface area contributed by atoms with Crippen LogP contribution < -0.4 is 10.6 Å². The van der Waals surface area contributed by atoms with Gasteiger partial charge in [0.05, 0.1) is 19.3 Å². The van der Waals surface area contributed by atoms with Crippen LogP contribution in [0, 0.1) is 11.8 Å². The summed E-state index contributed by atoms with van der Waals surface area (Å²) >= 11 is 0. The summed E-state index contributed by atoms with van der Waals surface area (Å²) < 4.78 is 5.58. The molecule has 0 radical (unpaired) electrons. The molecule has 0 aromatic carbocycles. The topological polar surface area (TPSA) is 69.1 Å². The Balaban J connectivity index is 1.79. The SMILES string of the molecule is CCNC(=NCC(C(C)C)N1CCCCCC1)NCC(O)COCC1CC1. The van der Waals surface area contributed by atoms with E-state index in [0.29, 0.717) is 25.1 Å². The minimum atomic E-state index is -0.501. The van der Waals surface area contributed by atoms with E-state index >= 15 is 0 Å². The fourth-order valence-corrected chi connectivity index (χ4v) is 3.63. The third-order valence-corrected chi connectivity index (χ3v) is 5.53. The van der Waals surface area contributed by atoms with Gasteiger partial charge in [-0.05, 0) is 57.5 Å². The number of ether oxygens (including phenoxy) is 1. The number of hydrogen-bond acceptors (Lipinski definition) is 4. The van der Waals surface area contributed by atoms with Crippen molar-refractivity contribution in [2.45, 2.75) is 71.4 Å². The predicted octanol–water partition coefficient (Wildman–Crippen LogP) is 2.23. The minimum absolute atomic E-state index is 0.394. The highest BCUT2D eigenvalue weighted by Gasteiger charge is 2.23. The van der Waals surface area contributed by atoms with Gasteiger partial charge in [-0.15, -0.1) is 0 Å². The molecule has 2 rings (SSSR count). The van der Waals surface area contributed by atoms with Gasteiger partial charge in [-0.3, -0.25) is 9.89 Å². The van der Waals surface area contributed by atoms with Crippen molar-refractivity contribution >= 4 is 5.96 Å². The average Bonchev–Trinajstić information content (AvgIpc) is 3.47. The van der Waals surface area contributed by atoms with Crippen LogP contribution in [0.4, 0.5) is 0 Å². The lowest BCUT2D eigenvalue weighted by Crippen LogP contribution is -2.45. The average molecular weight is 383 g/mol. The van der Waals surface area contributed by atoms with Gasteiger partial charge in [0.2, 0.25) is 0 Å². The zero-order chi connectivity index (χ0) is 19.5. The molecule has 0 spiro atoms. The van der Waals surface area contributed by atoms with E-state index in [1.807, 2.05) is 0 Å². The van der Waals surface area contributed by atoms with Gasteiger partial charge >= 0.3 is 0 Å². The van der Waals surface area contributed by atoms with Gasteiger partial charge in [0.1, 0.15) is 0 Å². The molecule has 1 heterocycles. The maximum atomic E-state index is 10.1. The molecular formula is C21H42N4O2. The summed E-state index contributed by atoms with van der Waals surface area (Å²) in [5.41, 5.74) is 0. The Bertz CT molecular complexity index is 418. The molecule has 3 N–H and O–H groups in total. The van der Waals surface area contributed by atoms with Crippen molar-refractivity contribution in [1.82, 2.24) is 15.5 Å². The summed E-state index contributed by atoms with van der Waals surface area (Å²) in [6.45, 7) is 12.3. The molecule has 0 amide bonds. The Morgan fingerprint density at radius 2 is 1.85 bits per heavy atom. The van der Waals surface area contributed by atoms with E-state index in [0.717, 1.165) is 31.6 Å². The van der Waals surface area contributed by atoms with Gasteiger partial charge in [-0.25, -0.2) is 0 Å². The number of nitrogens with zero attached hydrogens (tertiary/aromatic N) is 2. The highest BCUT2D eigenvalue weighted by Crippen LogP contribution is 2.28. The summed E-state index contributed by atoms with van der Waals surface area (Å²) in [5, 5.41) is 16.7. The Hall–Kier alpha value is -0.850. The van der Waals surface area contributed by atoms with Crippen LogP contribution in [0.25, 0.3) is 0 Å². The summed E-state index contributed by atoms with van der Waals surface area (Å²) in [6, 6.07) is 0.477. The highest BCUT2D eigenvalue weighted by atomic mass is 16.5. The fraction of sp³-hybridized carbons (Fsp3) is 0.952. The molecule has 1 aliphatic carbocycles. The molecule has 1 saturated heterocycles. The second-order valence-electron chi connectivity index (χ2n) is 8.50. The van der Waals surface area contributed by atoms with Gasteiger partial charge in [0, 0.05) is 25.7 Å². The van der Waals surface area contributed by atoms with Crippen LogP contribution in [0.3, 0.4) is 0 Å². The van der Waals surface area contributed by atoms with Gasteiger partial charge in [-0.2, -0.15) is 0 Å². The Morgan fingerprint density at radius 3 is 2.44 bits per heavy atom. The number of aliphatic imine (C=N–C) groups is 1. The Kier molecular flexibility index (Phi) is 10.5. The predicted molar refractivity (Wildman–Crippen MR) is 112 cm³/mol. The first-order valence-electron chi connectivity index (χ1n) is 11.1. The van der Waals surface area contributed by atoms with Gasteiger partial charge in [0.15, 0.2) is 5.96 Å². The van der Waals surface area contributed by atoms with Crippen LogP contribution >= 0.6 is 0 Å². The summed E-state index contributed by atoms with van der Waals surface area (Å²) in [7, 11) is 0. The maximum absolute atomic E-state index is 10.1. The molecule has 2 fully saturated rings. The highest BCUT2D eigenvalue weighted by molar-refractivity contribution is 5.79. The van der Waals surface area contributed by atoms with Gasteiger partial charge < -0.3 is 20.5 Å². The molecule has 0 aromatic rings. The normalized spacial score (nSPS) is 21.7. The number of aliphatic hydroxyl groups excluding tert-OH is 1. The smallest absolute Gasteiger partial charge is 0.191 e. The number of aliphatic hydroxyl groups is 1. The summed E-state index contributed by atoms with van der Waals surface area (Å²) in [4.78, 5) is 7.46. The lowest BCUT2D eigenvalue weighted by atomic mass is 10.0. The molecular weight excluding hydrogens is 340 g/mol. The van der Waals surface area contributed by atoms with Crippen LogP contribution in [0.15, 0.2) is 4.99 Å². The van der Waals surface area contributed by atoms with Crippen LogP contribution in [0.1, 0.15) is 59.3 Å². The van der Waals surface area contributed by atoms with E-state index < -0.39 is 6.10 Å². The fourth-order valence-electron chi connectivity index (χ4n) is 3.63. The summed E-state index contributed by atoms with van der Waals surface area (Å²) in [5.74, 6) is 2.10. The van der Waals surface area contributed by atoms with E-state index in [1.54, 1.807) is 0 Å². The molecule has 2 atom stereocenters. The molecule has 1 aliphatic heterocycles. The minimum Gasteiger partial charge on any atom is -0.389 e. The molecule has 6 nitrogen and oxygen atoms in total. The summed E-state index contributed by atoms with van der Waals surface area (Å²) in [6.07, 6.45) is 7.37. The van der Waals surface area contributed by atoms with Crippen molar-refractivity contribution in [3.63, 3.8) is 0 Å². The monoisotopic (exact) mass is 382 g/mol. The standard InChI is InChI=1S/C21H42N4O2/c1-4-22-21(23-13-19(26)16-27-15-18-9-10-18)24-14-20(17(2)3)25-11-7-5-6-8-12-25/h17-20,26H,4-16H2,1-3H3,(H2,22,23,24). The van der Waals surface area contributed by atoms with E-state index in [1.165, 1.54) is 51.6 Å². The number of nitrogens with one attached hydrogen (secondary N) is 2. The first-order valence-corrected chi connectivity index (χ1v) is 11.1. The van der Waals surface area contributed by atoms with Gasteiger partial charge in [0.25, 0.3) is 0 Å². The lowest BCUT2D eigenvalue weighted by Gasteiger charge is -2.32. The maximum Gasteiger partial charge on any atom is 0.191 e. The molecule has 27 heavy (non-hydrogen) atoms. The van der Waals surface area contributed by atoms with Crippen molar-refractivity contribution in [2.75, 3.05) is 45.9 Å². The second-order valence-corrected chi connectivity index (χ2v) is 8.50. The van der Waals surface area contributed by atoms with E-state index in [4.69, 9.17) is 9.73 Å². The number of likely N-dealkylation sites (tertiary alicyclic amines) is 1. The van der Waals surface area contributed by atoms with Crippen LogP contribution in [0.2, 0.25) is 0 Å². The molecule has 1 saturated carbocycles. The molecule has 6 heteroatoms. The largest absolute Gasteiger partial charge is 0.389 e. The molecule has 0 bridgehead atoms. The lowest BCUT2D eigenvalue weighted by molar-refractivity contribution is 0.0345. The molecule has 158 valence electrons. The van der Waals surface area contributed by atoms with Crippen molar-refractivity contribution in [3.8, 4) is 0 Å².